The minimum atomic E-state index is -4.05. The van der Waals surface area contributed by atoms with Gasteiger partial charge in [0, 0.05) is 0 Å². The highest BCUT2D eigenvalue weighted by Crippen LogP contribution is 2.19. The second-order valence-electron chi connectivity index (χ2n) is 6.76. The molecule has 0 bridgehead atoms. The Morgan fingerprint density at radius 2 is 1.50 bits per heavy atom. The number of carbonyl (C=O) groups excluding carboxylic acids is 1. The quantitative estimate of drug-likeness (QED) is 0.599. The van der Waals surface area contributed by atoms with E-state index in [4.69, 9.17) is 0 Å². The van der Waals surface area contributed by atoms with E-state index in [0.29, 0.717) is 5.56 Å². The monoisotopic (exact) mass is 430 g/mol. The van der Waals surface area contributed by atoms with E-state index < -0.39 is 39.3 Å². The zero-order valence-electron chi connectivity index (χ0n) is 16.1. The third-order valence-electron chi connectivity index (χ3n) is 4.44. The maximum Gasteiger partial charge on any atom is 0.243 e. The van der Waals surface area contributed by atoms with E-state index in [0.717, 1.165) is 17.7 Å². The van der Waals surface area contributed by atoms with Gasteiger partial charge in [-0.05, 0) is 43.2 Å². The summed E-state index contributed by atoms with van der Waals surface area (Å²) in [7, 11) is -4.05. The Bertz CT molecular complexity index is 1110. The Morgan fingerprint density at radius 1 is 0.900 bits per heavy atom. The van der Waals surface area contributed by atoms with Crippen molar-refractivity contribution in [3.63, 3.8) is 0 Å². The van der Waals surface area contributed by atoms with Crippen molar-refractivity contribution in [1.29, 1.82) is 0 Å². The van der Waals surface area contributed by atoms with Crippen molar-refractivity contribution in [1.82, 2.24) is 4.72 Å². The molecule has 0 spiro atoms. The lowest BCUT2D eigenvalue weighted by atomic mass is 10.1. The molecule has 0 aliphatic rings. The summed E-state index contributed by atoms with van der Waals surface area (Å²) in [6, 6.07) is 16.7. The van der Waals surface area contributed by atoms with Crippen molar-refractivity contribution < 1.29 is 22.0 Å². The van der Waals surface area contributed by atoms with Crippen molar-refractivity contribution in [2.45, 2.75) is 24.3 Å². The predicted molar refractivity (Wildman–Crippen MR) is 110 cm³/mol. The Hall–Kier alpha value is -3.10. The first kappa shape index (κ1) is 21.6. The topological polar surface area (TPSA) is 75.3 Å². The van der Waals surface area contributed by atoms with Crippen molar-refractivity contribution >= 4 is 21.6 Å². The lowest BCUT2D eigenvalue weighted by molar-refractivity contribution is -0.117. The predicted octanol–water partition coefficient (Wildman–Crippen LogP) is 3.80. The maximum absolute atomic E-state index is 13.9. The number of rotatable bonds is 7. The molecular formula is C22H20F2N2O3S. The van der Waals surface area contributed by atoms with Crippen LogP contribution in [-0.2, 0) is 21.2 Å². The number of halogens is 2. The second kappa shape index (κ2) is 9.15. The first-order chi connectivity index (χ1) is 14.3. The summed E-state index contributed by atoms with van der Waals surface area (Å²) < 4.78 is 55.8. The van der Waals surface area contributed by atoms with Crippen LogP contribution >= 0.6 is 0 Å². The molecule has 0 unspecified atom stereocenters. The molecular weight excluding hydrogens is 410 g/mol. The number of carbonyl (C=O) groups is 1. The van der Waals surface area contributed by atoms with E-state index in [1.54, 1.807) is 42.5 Å². The standard InChI is InChI=1S/C22H20F2N2O3S/c1-15-10-12-17(13-11-15)30(28,29)26-20(14-16-6-3-2-4-7-16)22(27)25-21-18(23)8-5-9-19(21)24/h2-13,20,26H,14H2,1H3,(H,25,27)/t20-/m1/s1. The zero-order valence-corrected chi connectivity index (χ0v) is 16.9. The van der Waals surface area contributed by atoms with E-state index >= 15 is 0 Å². The maximum atomic E-state index is 13.9. The number of hydrogen-bond acceptors (Lipinski definition) is 3. The molecule has 3 aromatic rings. The number of benzene rings is 3. The van der Waals surface area contributed by atoms with E-state index in [1.807, 2.05) is 6.92 Å². The molecule has 0 fully saturated rings. The van der Waals surface area contributed by atoms with Crippen LogP contribution in [0.15, 0.2) is 77.7 Å². The molecule has 156 valence electrons. The molecule has 0 saturated carbocycles. The van der Waals surface area contributed by atoms with Crippen LogP contribution in [0.5, 0.6) is 0 Å². The summed E-state index contributed by atoms with van der Waals surface area (Å²) in [5.74, 6) is -2.79. The Labute approximate surface area is 173 Å². The summed E-state index contributed by atoms with van der Waals surface area (Å²) in [5, 5.41) is 2.17. The minimum Gasteiger partial charge on any atom is -0.320 e. The molecule has 0 aromatic heterocycles. The van der Waals surface area contributed by atoms with E-state index in [2.05, 4.69) is 10.0 Å². The first-order valence-corrected chi connectivity index (χ1v) is 10.6. The Morgan fingerprint density at radius 3 is 2.10 bits per heavy atom. The molecule has 0 radical (unpaired) electrons. The van der Waals surface area contributed by atoms with Gasteiger partial charge in [-0.15, -0.1) is 0 Å². The molecule has 3 aromatic carbocycles. The van der Waals surface area contributed by atoms with Gasteiger partial charge in [-0.2, -0.15) is 4.72 Å². The van der Waals surface area contributed by atoms with Gasteiger partial charge >= 0.3 is 0 Å². The van der Waals surface area contributed by atoms with Gasteiger partial charge in [-0.3, -0.25) is 4.79 Å². The fourth-order valence-electron chi connectivity index (χ4n) is 2.84. The third kappa shape index (κ3) is 5.28. The van der Waals surface area contributed by atoms with Crippen LogP contribution < -0.4 is 10.0 Å². The molecule has 30 heavy (non-hydrogen) atoms. The molecule has 1 atom stereocenters. The number of nitrogens with one attached hydrogen (secondary N) is 2. The Balaban J connectivity index is 1.90. The smallest absolute Gasteiger partial charge is 0.243 e. The fraction of sp³-hybridized carbons (Fsp3) is 0.136. The molecule has 8 heteroatoms. The van der Waals surface area contributed by atoms with Gasteiger partial charge in [-0.25, -0.2) is 17.2 Å². The number of anilines is 1. The summed E-state index contributed by atoms with van der Waals surface area (Å²) >= 11 is 0. The highest BCUT2D eigenvalue weighted by atomic mass is 32.2. The van der Waals surface area contributed by atoms with Crippen LogP contribution in [0.1, 0.15) is 11.1 Å². The highest BCUT2D eigenvalue weighted by Gasteiger charge is 2.27. The van der Waals surface area contributed by atoms with E-state index in [1.165, 1.54) is 18.2 Å². The molecule has 2 N–H and O–H groups in total. The molecule has 1 amide bonds. The molecule has 0 heterocycles. The van der Waals surface area contributed by atoms with Crippen molar-refractivity contribution in [2.75, 3.05) is 5.32 Å². The molecule has 0 aliphatic carbocycles. The van der Waals surface area contributed by atoms with Gasteiger partial charge in [0.2, 0.25) is 15.9 Å². The van der Waals surface area contributed by atoms with Gasteiger partial charge < -0.3 is 5.32 Å². The van der Waals surface area contributed by atoms with Crippen molar-refractivity contribution in [3.8, 4) is 0 Å². The average Bonchev–Trinajstić information content (AvgIpc) is 2.71. The number of para-hydroxylation sites is 1. The largest absolute Gasteiger partial charge is 0.320 e. The van der Waals surface area contributed by atoms with Crippen molar-refractivity contribution in [2.24, 2.45) is 0 Å². The van der Waals surface area contributed by atoms with Gasteiger partial charge in [-0.1, -0.05) is 54.1 Å². The fourth-order valence-corrected chi connectivity index (χ4v) is 4.03. The van der Waals surface area contributed by atoms with Gasteiger partial charge in [0.05, 0.1) is 4.90 Å². The van der Waals surface area contributed by atoms with Gasteiger partial charge in [0.25, 0.3) is 0 Å². The Kier molecular flexibility index (Phi) is 6.59. The molecule has 0 aliphatic heterocycles. The van der Waals surface area contributed by atoms with Gasteiger partial charge in [0.1, 0.15) is 23.4 Å². The lowest BCUT2D eigenvalue weighted by Crippen LogP contribution is -2.45. The van der Waals surface area contributed by atoms with E-state index in [9.17, 15) is 22.0 Å². The summed E-state index contributed by atoms with van der Waals surface area (Å²) in [6.07, 6.45) is -0.00611. The van der Waals surface area contributed by atoms with Crippen LogP contribution in [0, 0.1) is 18.6 Å². The number of sulfonamides is 1. The molecule has 5 nitrogen and oxygen atoms in total. The van der Waals surface area contributed by atoms with Crippen LogP contribution in [0.4, 0.5) is 14.5 Å². The van der Waals surface area contributed by atoms with E-state index in [-0.39, 0.29) is 11.3 Å². The van der Waals surface area contributed by atoms with Crippen LogP contribution in [0.3, 0.4) is 0 Å². The zero-order chi connectivity index (χ0) is 21.7. The third-order valence-corrected chi connectivity index (χ3v) is 5.93. The summed E-state index contributed by atoms with van der Waals surface area (Å²) in [5.41, 5.74) is 0.927. The minimum absolute atomic E-state index is 0.00611. The number of hydrogen-bond donors (Lipinski definition) is 2. The average molecular weight is 430 g/mol. The van der Waals surface area contributed by atoms with Crippen molar-refractivity contribution in [3.05, 3.63) is 95.6 Å². The van der Waals surface area contributed by atoms with Crippen LogP contribution in [0.25, 0.3) is 0 Å². The molecule has 3 rings (SSSR count). The first-order valence-electron chi connectivity index (χ1n) is 9.14. The second-order valence-corrected chi connectivity index (χ2v) is 8.48. The number of aryl methyl sites for hydroxylation is 1. The van der Waals surface area contributed by atoms with Gasteiger partial charge in [0.15, 0.2) is 0 Å². The highest BCUT2D eigenvalue weighted by molar-refractivity contribution is 7.89. The summed E-state index contributed by atoms with van der Waals surface area (Å²) in [6.45, 7) is 1.82. The van der Waals surface area contributed by atoms with Crippen LogP contribution in [0.2, 0.25) is 0 Å². The SMILES string of the molecule is Cc1ccc(S(=O)(=O)N[C@H](Cc2ccccc2)C(=O)Nc2c(F)cccc2F)cc1. The van der Waals surface area contributed by atoms with Crippen LogP contribution in [-0.4, -0.2) is 20.4 Å². The lowest BCUT2D eigenvalue weighted by Gasteiger charge is -2.19. The summed E-state index contributed by atoms with van der Waals surface area (Å²) in [4.78, 5) is 12.8. The number of amides is 1. The molecule has 0 saturated heterocycles. The normalized spacial score (nSPS) is 12.4.